The van der Waals surface area contributed by atoms with Gasteiger partial charge in [0.2, 0.25) is 0 Å². The van der Waals surface area contributed by atoms with Gasteiger partial charge in [0, 0.05) is 32.6 Å². The highest BCUT2D eigenvalue weighted by Gasteiger charge is 2.60. The Kier molecular flexibility index (Phi) is 6.87. The Bertz CT molecular complexity index is 885. The van der Waals surface area contributed by atoms with Crippen LogP contribution in [-0.4, -0.2) is 47.4 Å². The highest BCUT2D eigenvalue weighted by Crippen LogP contribution is 2.60. The molecule has 3 aliphatic rings. The van der Waals surface area contributed by atoms with Crippen LogP contribution in [0.4, 0.5) is 0 Å². The van der Waals surface area contributed by atoms with Gasteiger partial charge in [-0.15, -0.1) is 0 Å². The summed E-state index contributed by atoms with van der Waals surface area (Å²) in [6.45, 7) is 16.6. The number of hydrogen-bond acceptors (Lipinski definition) is 7. The number of fused-ring (bicyclic) bond motifs is 3. The van der Waals surface area contributed by atoms with Crippen LogP contribution >= 0.6 is 0 Å². The predicted octanol–water partition coefficient (Wildman–Crippen LogP) is 3.88. The maximum Gasteiger partial charge on any atom is 0.303 e. The third-order valence-corrected chi connectivity index (χ3v) is 8.03. The van der Waals surface area contributed by atoms with Crippen molar-refractivity contribution < 1.29 is 33.7 Å². The summed E-state index contributed by atoms with van der Waals surface area (Å²) in [5, 5.41) is 11.3. The van der Waals surface area contributed by atoms with Crippen molar-refractivity contribution in [1.29, 1.82) is 0 Å². The van der Waals surface area contributed by atoms with Gasteiger partial charge in [-0.2, -0.15) is 0 Å². The first kappa shape index (κ1) is 25.5. The molecule has 2 saturated carbocycles. The van der Waals surface area contributed by atoms with Gasteiger partial charge in [-0.3, -0.25) is 14.4 Å². The van der Waals surface area contributed by atoms with Gasteiger partial charge in [-0.1, -0.05) is 32.9 Å². The Morgan fingerprint density at radius 3 is 2.06 bits per heavy atom. The number of ether oxygens (including phenoxy) is 3. The number of carbonyl (C=O) groups is 3. The number of hydrogen-bond donors (Lipinski definition) is 1. The number of rotatable bonds is 3. The molecule has 0 aromatic heterocycles. The molecule has 3 rings (SSSR count). The number of esters is 3. The van der Waals surface area contributed by atoms with Crippen molar-refractivity contribution in [3.63, 3.8) is 0 Å². The third-order valence-electron chi connectivity index (χ3n) is 8.03. The molecular weight excluding hydrogens is 424 g/mol. The van der Waals surface area contributed by atoms with Crippen LogP contribution < -0.4 is 0 Å². The van der Waals surface area contributed by atoms with Crippen LogP contribution in [0, 0.1) is 22.7 Å². The maximum atomic E-state index is 12.3. The average molecular weight is 463 g/mol. The minimum Gasteiger partial charge on any atom is -0.461 e. The SMILES string of the molecule is C=C1[C@@H](OC(C)=O)CC[C@@]2(C)C[C@H](OC(C)=O)C3=C(C)C[C@H](O)[C@@H]([C@@H](OC(C)=O)[C@H]12)C3(C)C. The van der Waals surface area contributed by atoms with Crippen molar-refractivity contribution in [3.8, 4) is 0 Å². The molecule has 0 saturated heterocycles. The highest BCUT2D eigenvalue weighted by molar-refractivity contribution is 5.67. The van der Waals surface area contributed by atoms with E-state index in [0.29, 0.717) is 31.3 Å². The van der Waals surface area contributed by atoms with E-state index in [2.05, 4.69) is 13.5 Å². The Hall–Kier alpha value is -2.15. The van der Waals surface area contributed by atoms with Crippen LogP contribution in [0.1, 0.15) is 74.1 Å². The van der Waals surface area contributed by atoms with Crippen LogP contribution in [0.15, 0.2) is 23.3 Å². The monoisotopic (exact) mass is 462 g/mol. The van der Waals surface area contributed by atoms with E-state index in [1.165, 1.54) is 20.8 Å². The van der Waals surface area contributed by atoms with Crippen LogP contribution in [0.2, 0.25) is 0 Å². The Labute approximate surface area is 196 Å². The fourth-order valence-electron chi connectivity index (χ4n) is 7.07. The van der Waals surface area contributed by atoms with Crippen LogP contribution in [0.25, 0.3) is 0 Å². The molecule has 2 bridgehead atoms. The first-order chi connectivity index (χ1) is 15.2. The van der Waals surface area contributed by atoms with Gasteiger partial charge in [-0.25, -0.2) is 0 Å². The number of carbonyl (C=O) groups excluding carboxylic acids is 3. The summed E-state index contributed by atoms with van der Waals surface area (Å²) in [5.41, 5.74) is 1.62. The van der Waals surface area contributed by atoms with E-state index in [1.54, 1.807) is 0 Å². The summed E-state index contributed by atoms with van der Waals surface area (Å²) in [5.74, 6) is -2.01. The first-order valence-electron chi connectivity index (χ1n) is 11.8. The molecule has 0 radical (unpaired) electrons. The third kappa shape index (κ3) is 4.61. The van der Waals surface area contributed by atoms with Crippen LogP contribution in [0.3, 0.4) is 0 Å². The van der Waals surface area contributed by atoms with E-state index in [9.17, 15) is 19.5 Å². The Balaban J connectivity index is 2.23. The predicted molar refractivity (Wildman–Crippen MR) is 122 cm³/mol. The molecular formula is C26H38O7. The van der Waals surface area contributed by atoms with E-state index in [4.69, 9.17) is 14.2 Å². The minimum atomic E-state index is -0.754. The van der Waals surface area contributed by atoms with E-state index >= 15 is 0 Å². The molecule has 0 aliphatic heterocycles. The normalized spacial score (nSPS) is 37.9. The van der Waals surface area contributed by atoms with Crippen molar-refractivity contribution in [3.05, 3.63) is 23.3 Å². The van der Waals surface area contributed by atoms with Gasteiger partial charge in [0.15, 0.2) is 0 Å². The van der Waals surface area contributed by atoms with Gasteiger partial charge >= 0.3 is 17.9 Å². The van der Waals surface area contributed by atoms with Crippen LogP contribution in [-0.2, 0) is 28.6 Å². The second-order valence-electron chi connectivity index (χ2n) is 10.9. The second-order valence-corrected chi connectivity index (χ2v) is 10.9. The molecule has 1 N–H and O–H groups in total. The topological polar surface area (TPSA) is 99.1 Å². The van der Waals surface area contributed by atoms with Gasteiger partial charge in [-0.05, 0) is 54.6 Å². The molecule has 0 amide bonds. The summed E-state index contributed by atoms with van der Waals surface area (Å²) < 4.78 is 17.5. The number of aliphatic hydroxyl groups is 1. The van der Waals surface area contributed by atoms with Gasteiger partial charge in [0.1, 0.15) is 18.3 Å². The largest absolute Gasteiger partial charge is 0.461 e. The van der Waals surface area contributed by atoms with E-state index in [1.807, 2.05) is 20.8 Å². The minimum absolute atomic E-state index is 0.358. The zero-order chi connectivity index (χ0) is 24.9. The van der Waals surface area contributed by atoms with Crippen molar-refractivity contribution in [2.75, 3.05) is 0 Å². The summed E-state index contributed by atoms with van der Waals surface area (Å²) in [4.78, 5) is 36.2. The molecule has 33 heavy (non-hydrogen) atoms. The van der Waals surface area contributed by atoms with Crippen molar-refractivity contribution in [1.82, 2.24) is 0 Å². The highest BCUT2D eigenvalue weighted by atomic mass is 16.6. The molecule has 3 aliphatic carbocycles. The molecule has 7 nitrogen and oxygen atoms in total. The Morgan fingerprint density at radius 1 is 0.970 bits per heavy atom. The summed E-state index contributed by atoms with van der Waals surface area (Å²) in [6.07, 6.45) is -0.191. The number of aliphatic hydroxyl groups excluding tert-OH is 1. The van der Waals surface area contributed by atoms with E-state index in [-0.39, 0.29) is 11.9 Å². The molecule has 0 aromatic rings. The van der Waals surface area contributed by atoms with Gasteiger partial charge in [0.05, 0.1) is 6.10 Å². The van der Waals surface area contributed by atoms with Crippen molar-refractivity contribution in [2.24, 2.45) is 22.7 Å². The lowest BCUT2D eigenvalue weighted by atomic mass is 9.50. The maximum absolute atomic E-state index is 12.3. The zero-order valence-electron chi connectivity index (χ0n) is 20.9. The standard InChI is InChI=1S/C26H38O7/c1-13-11-18(30)23-24(33-17(5)29)22-14(2)19(31-15(3)27)9-10-26(22,8)12-20(32-16(4)28)21(13)25(23,6)7/h18-20,22-24,30H,2,9-12H2,1,3-8H3/t18-,19-,20-,22-,23-,24-,26-/m0/s1. The molecule has 0 aromatic carbocycles. The molecule has 7 heteroatoms. The molecule has 7 atom stereocenters. The van der Waals surface area contributed by atoms with Crippen LogP contribution in [0.5, 0.6) is 0 Å². The summed E-state index contributed by atoms with van der Waals surface area (Å²) >= 11 is 0. The lowest BCUT2D eigenvalue weighted by molar-refractivity contribution is -0.179. The van der Waals surface area contributed by atoms with E-state index < -0.39 is 53.1 Å². The van der Waals surface area contributed by atoms with Crippen molar-refractivity contribution >= 4 is 17.9 Å². The smallest absolute Gasteiger partial charge is 0.303 e. The average Bonchev–Trinajstić information content (AvgIpc) is 2.61. The quantitative estimate of drug-likeness (QED) is 0.386. The fraction of sp³-hybridized carbons (Fsp3) is 0.731. The second kappa shape index (κ2) is 8.90. The summed E-state index contributed by atoms with van der Waals surface area (Å²) in [6, 6.07) is 0. The summed E-state index contributed by atoms with van der Waals surface area (Å²) in [7, 11) is 0. The molecule has 2 fully saturated rings. The fourth-order valence-corrected chi connectivity index (χ4v) is 7.07. The molecule has 0 heterocycles. The molecule has 184 valence electrons. The Morgan fingerprint density at radius 2 is 1.52 bits per heavy atom. The van der Waals surface area contributed by atoms with E-state index in [0.717, 1.165) is 11.1 Å². The lowest BCUT2D eigenvalue weighted by Gasteiger charge is -2.58. The zero-order valence-corrected chi connectivity index (χ0v) is 20.9. The van der Waals surface area contributed by atoms with Gasteiger partial charge < -0.3 is 19.3 Å². The van der Waals surface area contributed by atoms with Crippen molar-refractivity contribution in [2.45, 2.75) is 98.6 Å². The molecule has 0 unspecified atom stereocenters. The lowest BCUT2D eigenvalue weighted by Crippen LogP contribution is -2.60. The molecule has 0 spiro atoms. The van der Waals surface area contributed by atoms with Gasteiger partial charge in [0.25, 0.3) is 0 Å². The first-order valence-corrected chi connectivity index (χ1v) is 11.8.